The second kappa shape index (κ2) is 9.84. The normalized spacial score (nSPS) is 11.3. The van der Waals surface area contributed by atoms with E-state index in [1.807, 2.05) is 42.7 Å². The molecule has 3 heterocycles. The number of rotatable bonds is 8. The van der Waals surface area contributed by atoms with Crippen LogP contribution in [-0.2, 0) is 11.3 Å². The number of unbranched alkanes of at least 4 members (excludes halogenated alkanes) is 1. The summed E-state index contributed by atoms with van der Waals surface area (Å²) in [6.45, 7) is 2.67. The van der Waals surface area contributed by atoms with Crippen LogP contribution < -0.4 is 10.9 Å². The number of hydrogen-bond donors (Lipinski definition) is 1. The van der Waals surface area contributed by atoms with Crippen LogP contribution in [0.15, 0.2) is 57.4 Å². The van der Waals surface area contributed by atoms with Crippen molar-refractivity contribution in [3.63, 3.8) is 0 Å². The molecule has 0 saturated carbocycles. The van der Waals surface area contributed by atoms with Crippen molar-refractivity contribution < 1.29 is 4.79 Å². The summed E-state index contributed by atoms with van der Waals surface area (Å²) >= 11 is 4.30. The highest BCUT2D eigenvalue weighted by Crippen LogP contribution is 2.30. The van der Waals surface area contributed by atoms with E-state index in [2.05, 4.69) is 17.2 Å². The van der Waals surface area contributed by atoms with E-state index in [4.69, 9.17) is 4.98 Å². The number of benzene rings is 1. The molecule has 0 bridgehead atoms. The Hall–Kier alpha value is -2.36. The standard InChI is InChI=1S/C22H22N4O2S3/c1-3-4-11-26-21(28)19-18(16-9-6-10-23-20(16)31-19)25-22(26)30-13-17(27)24-14-7-5-8-15(12-14)29-2/h5-10,12H,3-4,11,13H2,1-2H3,(H,24,27). The Balaban J connectivity index is 1.62. The lowest BCUT2D eigenvalue weighted by molar-refractivity contribution is -0.113. The molecule has 160 valence electrons. The molecule has 0 atom stereocenters. The maximum Gasteiger partial charge on any atom is 0.272 e. The highest BCUT2D eigenvalue weighted by molar-refractivity contribution is 7.99. The summed E-state index contributed by atoms with van der Waals surface area (Å²) in [5, 5.41) is 4.38. The maximum absolute atomic E-state index is 13.2. The Labute approximate surface area is 192 Å². The SMILES string of the molecule is CCCCn1c(SCC(=O)Nc2cccc(SC)c2)nc2c(sc3ncccc32)c1=O. The number of aromatic nitrogens is 3. The molecule has 3 aromatic heterocycles. The zero-order valence-electron chi connectivity index (χ0n) is 17.3. The Morgan fingerprint density at radius 1 is 1.26 bits per heavy atom. The maximum atomic E-state index is 13.2. The predicted molar refractivity (Wildman–Crippen MR) is 132 cm³/mol. The zero-order valence-corrected chi connectivity index (χ0v) is 19.7. The molecule has 9 heteroatoms. The number of amides is 1. The molecule has 1 aromatic carbocycles. The number of thiophene rings is 1. The molecular weight excluding hydrogens is 448 g/mol. The van der Waals surface area contributed by atoms with E-state index in [9.17, 15) is 9.59 Å². The first kappa shape index (κ1) is 21.9. The highest BCUT2D eigenvalue weighted by Gasteiger charge is 2.17. The van der Waals surface area contributed by atoms with Gasteiger partial charge in [0, 0.05) is 28.7 Å². The summed E-state index contributed by atoms with van der Waals surface area (Å²) in [6.07, 6.45) is 5.56. The lowest BCUT2D eigenvalue weighted by Crippen LogP contribution is -2.23. The molecule has 4 aromatic rings. The minimum absolute atomic E-state index is 0.0583. The number of nitrogens with zero attached hydrogens (tertiary/aromatic N) is 3. The molecule has 0 aliphatic heterocycles. The molecule has 0 unspecified atom stereocenters. The molecule has 0 fully saturated rings. The lowest BCUT2D eigenvalue weighted by Gasteiger charge is -2.12. The van der Waals surface area contributed by atoms with Crippen molar-refractivity contribution in [1.29, 1.82) is 0 Å². The van der Waals surface area contributed by atoms with Gasteiger partial charge in [0.05, 0.1) is 11.3 Å². The third kappa shape index (κ3) is 4.78. The fourth-order valence-electron chi connectivity index (χ4n) is 3.19. The lowest BCUT2D eigenvalue weighted by atomic mass is 10.3. The molecule has 0 radical (unpaired) electrons. The van der Waals surface area contributed by atoms with Crippen LogP contribution in [0, 0.1) is 0 Å². The molecule has 0 aliphatic rings. The van der Waals surface area contributed by atoms with Crippen molar-refractivity contribution in [1.82, 2.24) is 14.5 Å². The fourth-order valence-corrected chi connectivity index (χ4v) is 5.50. The molecule has 0 spiro atoms. The second-order valence-electron chi connectivity index (χ2n) is 6.91. The number of carbonyl (C=O) groups excluding carboxylic acids is 1. The second-order valence-corrected chi connectivity index (χ2v) is 9.73. The first-order valence-electron chi connectivity index (χ1n) is 9.95. The van der Waals surface area contributed by atoms with Gasteiger partial charge in [0.2, 0.25) is 5.91 Å². The third-order valence-electron chi connectivity index (χ3n) is 4.74. The van der Waals surface area contributed by atoms with Crippen LogP contribution in [0.1, 0.15) is 19.8 Å². The topological polar surface area (TPSA) is 76.9 Å². The molecule has 0 aliphatic carbocycles. The monoisotopic (exact) mass is 470 g/mol. The molecule has 1 amide bonds. The minimum atomic E-state index is -0.128. The van der Waals surface area contributed by atoms with Crippen LogP contribution in [0.5, 0.6) is 0 Å². The van der Waals surface area contributed by atoms with E-state index in [1.165, 1.54) is 23.1 Å². The van der Waals surface area contributed by atoms with Crippen molar-refractivity contribution in [2.24, 2.45) is 0 Å². The average Bonchev–Trinajstić information content (AvgIpc) is 3.16. The van der Waals surface area contributed by atoms with Crippen LogP contribution >= 0.6 is 34.9 Å². The fraction of sp³-hybridized carbons (Fsp3) is 0.273. The van der Waals surface area contributed by atoms with Crippen molar-refractivity contribution in [3.05, 3.63) is 52.9 Å². The predicted octanol–water partition coefficient (Wildman–Crippen LogP) is 5.26. The highest BCUT2D eigenvalue weighted by atomic mass is 32.2. The van der Waals surface area contributed by atoms with E-state index in [0.717, 1.165) is 33.6 Å². The molecule has 6 nitrogen and oxygen atoms in total. The van der Waals surface area contributed by atoms with Gasteiger partial charge in [0.15, 0.2) is 5.16 Å². The Morgan fingerprint density at radius 2 is 2.13 bits per heavy atom. The number of hydrogen-bond acceptors (Lipinski definition) is 7. The van der Waals surface area contributed by atoms with Crippen molar-refractivity contribution in [2.75, 3.05) is 17.3 Å². The van der Waals surface area contributed by atoms with Gasteiger partial charge in [-0.3, -0.25) is 14.2 Å². The van der Waals surface area contributed by atoms with E-state index in [0.29, 0.717) is 21.9 Å². The van der Waals surface area contributed by atoms with E-state index in [-0.39, 0.29) is 17.2 Å². The quantitative estimate of drug-likeness (QED) is 0.280. The minimum Gasteiger partial charge on any atom is -0.325 e. The van der Waals surface area contributed by atoms with Gasteiger partial charge in [0.25, 0.3) is 5.56 Å². The van der Waals surface area contributed by atoms with Gasteiger partial charge in [-0.05, 0) is 43.0 Å². The average molecular weight is 471 g/mol. The summed E-state index contributed by atoms with van der Waals surface area (Å²) in [5.74, 6) is 0.0462. The number of thioether (sulfide) groups is 2. The van der Waals surface area contributed by atoms with Crippen LogP contribution in [0.25, 0.3) is 20.4 Å². The van der Waals surface area contributed by atoms with Gasteiger partial charge in [0.1, 0.15) is 9.53 Å². The zero-order chi connectivity index (χ0) is 21.8. The first-order valence-corrected chi connectivity index (χ1v) is 13.0. The summed E-state index contributed by atoms with van der Waals surface area (Å²) in [7, 11) is 0. The van der Waals surface area contributed by atoms with Gasteiger partial charge < -0.3 is 5.32 Å². The molecule has 0 saturated heterocycles. The van der Waals surface area contributed by atoms with Crippen molar-refractivity contribution in [3.8, 4) is 0 Å². The molecule has 1 N–H and O–H groups in total. The Kier molecular flexibility index (Phi) is 6.94. The summed E-state index contributed by atoms with van der Waals surface area (Å²) in [5.41, 5.74) is 1.37. The van der Waals surface area contributed by atoms with Crippen molar-refractivity contribution in [2.45, 2.75) is 36.4 Å². The number of carbonyl (C=O) groups is 1. The number of pyridine rings is 1. The molecule has 31 heavy (non-hydrogen) atoms. The van der Waals surface area contributed by atoms with Gasteiger partial charge >= 0.3 is 0 Å². The Morgan fingerprint density at radius 3 is 2.94 bits per heavy atom. The van der Waals surface area contributed by atoms with Gasteiger partial charge in [-0.1, -0.05) is 31.2 Å². The van der Waals surface area contributed by atoms with Crippen molar-refractivity contribution >= 4 is 66.9 Å². The van der Waals surface area contributed by atoms with E-state index in [1.54, 1.807) is 22.5 Å². The van der Waals surface area contributed by atoms with Crippen LogP contribution in [0.4, 0.5) is 5.69 Å². The van der Waals surface area contributed by atoms with E-state index < -0.39 is 0 Å². The summed E-state index contributed by atoms with van der Waals surface area (Å²) < 4.78 is 2.32. The number of anilines is 1. The van der Waals surface area contributed by atoms with Crippen LogP contribution in [0.2, 0.25) is 0 Å². The van der Waals surface area contributed by atoms with Gasteiger partial charge in [-0.2, -0.15) is 0 Å². The molecule has 4 rings (SSSR count). The first-order chi connectivity index (χ1) is 15.1. The third-order valence-corrected chi connectivity index (χ3v) is 7.53. The Bertz CT molecular complexity index is 1300. The number of nitrogens with one attached hydrogen (secondary N) is 1. The van der Waals surface area contributed by atoms with Gasteiger partial charge in [-0.25, -0.2) is 9.97 Å². The van der Waals surface area contributed by atoms with Crippen LogP contribution in [-0.4, -0.2) is 32.5 Å². The van der Waals surface area contributed by atoms with Crippen LogP contribution in [0.3, 0.4) is 0 Å². The summed E-state index contributed by atoms with van der Waals surface area (Å²) in [4.78, 5) is 36.8. The smallest absolute Gasteiger partial charge is 0.272 e. The van der Waals surface area contributed by atoms with E-state index >= 15 is 0 Å². The largest absolute Gasteiger partial charge is 0.325 e. The molecular formula is C22H22N4O2S3. The number of fused-ring (bicyclic) bond motifs is 3. The van der Waals surface area contributed by atoms with Gasteiger partial charge in [-0.15, -0.1) is 23.1 Å². The summed E-state index contributed by atoms with van der Waals surface area (Å²) in [6, 6.07) is 11.5.